The maximum atomic E-state index is 13.1. The molecule has 1 rings (SSSR count). The molecule has 1 N–H and O–H groups in total. The van der Waals surface area contributed by atoms with Gasteiger partial charge < -0.3 is 5.11 Å². The van der Waals surface area contributed by atoms with E-state index in [9.17, 15) is 13.6 Å². The molecule has 1 aromatic heterocycles. The number of hydrogen-bond acceptors (Lipinski definition) is 3. The van der Waals surface area contributed by atoms with Gasteiger partial charge in [-0.05, 0) is 6.92 Å². The molecular weight excluding hydrogens is 236 g/mol. The number of hydrogen-bond donors (Lipinski definition) is 1. The Labute approximate surface area is 96.1 Å². The number of aliphatic carboxylic acids is 1. The van der Waals surface area contributed by atoms with Crippen molar-refractivity contribution in [1.29, 1.82) is 0 Å². The van der Waals surface area contributed by atoms with Crippen LogP contribution in [0.2, 0.25) is 0 Å². The molecule has 0 bridgehead atoms. The molecule has 0 amide bonds. The first kappa shape index (κ1) is 13.0. The molecule has 0 radical (unpaired) electrons. The van der Waals surface area contributed by atoms with Crippen molar-refractivity contribution in [2.24, 2.45) is 5.92 Å². The van der Waals surface area contributed by atoms with Crippen molar-refractivity contribution < 1.29 is 18.7 Å². The molecular formula is C10H13F2NO2S. The summed E-state index contributed by atoms with van der Waals surface area (Å²) in [5, 5.41) is 9.16. The molecule has 0 aromatic carbocycles. The second-order valence-corrected chi connectivity index (χ2v) is 4.94. The van der Waals surface area contributed by atoms with Crippen LogP contribution in [0.15, 0.2) is 0 Å². The molecule has 90 valence electrons. The Morgan fingerprint density at radius 3 is 2.56 bits per heavy atom. The second kappa shape index (κ2) is 4.45. The van der Waals surface area contributed by atoms with Crippen LogP contribution in [0, 0.1) is 12.8 Å². The molecule has 0 aliphatic heterocycles. The van der Waals surface area contributed by atoms with Crippen LogP contribution in [-0.2, 0) is 17.1 Å². The number of rotatable bonds is 4. The summed E-state index contributed by atoms with van der Waals surface area (Å²) in [6.45, 7) is 3.86. The molecule has 0 saturated heterocycles. The van der Waals surface area contributed by atoms with Crippen LogP contribution in [0.5, 0.6) is 0 Å². The topological polar surface area (TPSA) is 50.2 Å². The number of aryl methyl sites for hydroxylation is 1. The number of halogens is 2. The zero-order valence-electron chi connectivity index (χ0n) is 9.25. The van der Waals surface area contributed by atoms with E-state index in [1.807, 2.05) is 0 Å². The zero-order chi connectivity index (χ0) is 12.5. The fourth-order valence-electron chi connectivity index (χ4n) is 1.30. The van der Waals surface area contributed by atoms with Crippen molar-refractivity contribution in [2.75, 3.05) is 0 Å². The van der Waals surface area contributed by atoms with Crippen molar-refractivity contribution in [3.8, 4) is 0 Å². The Morgan fingerprint density at radius 1 is 1.62 bits per heavy atom. The number of carbonyl (C=O) groups is 1. The Bertz CT molecular complexity index is 398. The largest absolute Gasteiger partial charge is 0.481 e. The minimum atomic E-state index is -2.91. The Morgan fingerprint density at radius 2 is 2.19 bits per heavy atom. The highest BCUT2D eigenvalue weighted by atomic mass is 32.1. The van der Waals surface area contributed by atoms with Gasteiger partial charge in [-0.2, -0.15) is 0 Å². The van der Waals surface area contributed by atoms with Crippen LogP contribution in [0.3, 0.4) is 0 Å². The summed E-state index contributed by atoms with van der Waals surface area (Å²) >= 11 is 0.888. The molecule has 16 heavy (non-hydrogen) atoms. The van der Waals surface area contributed by atoms with Gasteiger partial charge in [0.2, 0.25) is 0 Å². The van der Waals surface area contributed by atoms with Crippen molar-refractivity contribution in [3.05, 3.63) is 15.6 Å². The van der Waals surface area contributed by atoms with Gasteiger partial charge in [-0.1, -0.05) is 6.92 Å². The van der Waals surface area contributed by atoms with Gasteiger partial charge in [0.05, 0.1) is 21.5 Å². The summed E-state index contributed by atoms with van der Waals surface area (Å²) in [6, 6.07) is 0. The van der Waals surface area contributed by atoms with Gasteiger partial charge in [0, 0.05) is 13.3 Å². The zero-order valence-corrected chi connectivity index (χ0v) is 10.1. The summed E-state index contributed by atoms with van der Waals surface area (Å²) in [5.74, 6) is -4.46. The number of carboxylic acids is 1. The van der Waals surface area contributed by atoms with Crippen molar-refractivity contribution in [2.45, 2.75) is 33.1 Å². The van der Waals surface area contributed by atoms with Gasteiger partial charge in [-0.3, -0.25) is 4.79 Å². The predicted octanol–water partition coefficient (Wildman–Crippen LogP) is 2.83. The summed E-state index contributed by atoms with van der Waals surface area (Å²) in [4.78, 5) is 14.5. The molecule has 1 aromatic rings. The summed E-state index contributed by atoms with van der Waals surface area (Å²) in [5.41, 5.74) is 0.282. The number of carboxylic acid groups (broad SMARTS) is 1. The van der Waals surface area contributed by atoms with Gasteiger partial charge in [0.25, 0.3) is 5.92 Å². The van der Waals surface area contributed by atoms with Gasteiger partial charge >= 0.3 is 5.97 Å². The molecule has 6 heteroatoms. The van der Waals surface area contributed by atoms with E-state index in [0.29, 0.717) is 5.01 Å². The minimum Gasteiger partial charge on any atom is -0.481 e. The third kappa shape index (κ3) is 2.98. The van der Waals surface area contributed by atoms with Gasteiger partial charge in [-0.25, -0.2) is 13.8 Å². The highest BCUT2D eigenvalue weighted by molar-refractivity contribution is 7.11. The Hall–Kier alpha value is -1.04. The highest BCUT2D eigenvalue weighted by Gasteiger charge is 2.30. The first-order chi connectivity index (χ1) is 7.21. The fraction of sp³-hybridized carbons (Fsp3) is 0.600. The Kier molecular flexibility index (Phi) is 3.62. The molecule has 0 aliphatic rings. The summed E-state index contributed by atoms with van der Waals surface area (Å²) < 4.78 is 26.2. The average Bonchev–Trinajstić information content (AvgIpc) is 2.45. The third-order valence-corrected chi connectivity index (χ3v) is 3.49. The smallest absolute Gasteiger partial charge is 0.306 e. The molecule has 1 atom stereocenters. The van der Waals surface area contributed by atoms with Crippen molar-refractivity contribution in [1.82, 2.24) is 4.98 Å². The molecule has 3 nitrogen and oxygen atoms in total. The molecule has 0 spiro atoms. The molecule has 0 aliphatic carbocycles. The van der Waals surface area contributed by atoms with Crippen LogP contribution < -0.4 is 0 Å². The Balaban J connectivity index is 2.90. The number of aromatic nitrogens is 1. The monoisotopic (exact) mass is 249 g/mol. The first-order valence-electron chi connectivity index (χ1n) is 4.79. The summed E-state index contributed by atoms with van der Waals surface area (Å²) in [6.07, 6.45) is 0.191. The number of thiazole rings is 1. The normalized spacial score (nSPS) is 13.8. The lowest BCUT2D eigenvalue weighted by molar-refractivity contribution is -0.141. The van der Waals surface area contributed by atoms with E-state index in [2.05, 4.69) is 4.98 Å². The second-order valence-electron chi connectivity index (χ2n) is 3.85. The van der Waals surface area contributed by atoms with Crippen LogP contribution in [0.1, 0.15) is 29.4 Å². The minimum absolute atomic E-state index is 0.0833. The third-order valence-electron chi connectivity index (χ3n) is 2.14. The molecule has 0 saturated carbocycles. The predicted molar refractivity (Wildman–Crippen MR) is 56.9 cm³/mol. The number of nitrogens with zero attached hydrogens (tertiary/aromatic N) is 1. The lowest BCUT2D eigenvalue weighted by Crippen LogP contribution is -2.11. The maximum Gasteiger partial charge on any atom is 0.306 e. The van der Waals surface area contributed by atoms with Gasteiger partial charge in [0.1, 0.15) is 0 Å². The maximum absolute atomic E-state index is 13.1. The van der Waals surface area contributed by atoms with Crippen molar-refractivity contribution >= 4 is 17.3 Å². The van der Waals surface area contributed by atoms with E-state index in [1.165, 1.54) is 13.8 Å². The van der Waals surface area contributed by atoms with E-state index in [4.69, 9.17) is 5.11 Å². The van der Waals surface area contributed by atoms with Crippen molar-refractivity contribution in [3.63, 3.8) is 0 Å². The van der Waals surface area contributed by atoms with E-state index < -0.39 is 17.8 Å². The molecule has 0 fully saturated rings. The standard InChI is InChI=1S/C10H13F2NO2S/c1-5(9(14)15)4-7-13-6(2)8(16-7)10(3,11)12/h5H,4H2,1-3H3,(H,14,15). The van der Waals surface area contributed by atoms with E-state index >= 15 is 0 Å². The molecule has 1 heterocycles. The van der Waals surface area contributed by atoms with Gasteiger partial charge in [-0.15, -0.1) is 11.3 Å². The number of alkyl halides is 2. The average molecular weight is 249 g/mol. The highest BCUT2D eigenvalue weighted by Crippen LogP contribution is 2.34. The van der Waals surface area contributed by atoms with Gasteiger partial charge in [0.15, 0.2) is 0 Å². The van der Waals surface area contributed by atoms with Crippen LogP contribution in [0.4, 0.5) is 8.78 Å². The first-order valence-corrected chi connectivity index (χ1v) is 5.61. The van der Waals surface area contributed by atoms with E-state index in [0.717, 1.165) is 18.3 Å². The summed E-state index contributed by atoms with van der Waals surface area (Å²) in [7, 11) is 0. The van der Waals surface area contributed by atoms with Crippen LogP contribution >= 0.6 is 11.3 Å². The molecule has 1 unspecified atom stereocenters. The fourth-order valence-corrected chi connectivity index (χ4v) is 2.42. The van der Waals surface area contributed by atoms with Crippen LogP contribution in [0.25, 0.3) is 0 Å². The van der Waals surface area contributed by atoms with E-state index in [1.54, 1.807) is 0 Å². The van der Waals surface area contributed by atoms with E-state index in [-0.39, 0.29) is 17.0 Å². The quantitative estimate of drug-likeness (QED) is 0.892. The van der Waals surface area contributed by atoms with Crippen LogP contribution in [-0.4, -0.2) is 16.1 Å². The lowest BCUT2D eigenvalue weighted by atomic mass is 10.1. The lowest BCUT2D eigenvalue weighted by Gasteiger charge is -2.06. The SMILES string of the molecule is Cc1nc(CC(C)C(=O)O)sc1C(C)(F)F.